The normalized spacial score (nSPS) is 10.3. The molecule has 0 radical (unpaired) electrons. The summed E-state index contributed by atoms with van der Waals surface area (Å²) in [6.45, 7) is 1.90. The molecule has 1 amide bonds. The molecule has 6 nitrogen and oxygen atoms in total. The number of nitrogens with one attached hydrogen (secondary N) is 2. The summed E-state index contributed by atoms with van der Waals surface area (Å²) < 4.78 is 0. The summed E-state index contributed by atoms with van der Waals surface area (Å²) in [6.07, 6.45) is 6.22. The van der Waals surface area contributed by atoms with Crippen LogP contribution in [0, 0.1) is 6.92 Å². The van der Waals surface area contributed by atoms with Crippen LogP contribution >= 0.6 is 0 Å². The zero-order valence-corrected chi connectivity index (χ0v) is 11.4. The van der Waals surface area contributed by atoms with E-state index in [9.17, 15) is 4.79 Å². The molecule has 0 bridgehead atoms. The van der Waals surface area contributed by atoms with Crippen molar-refractivity contribution in [2.45, 2.75) is 6.92 Å². The van der Waals surface area contributed by atoms with Crippen molar-refractivity contribution in [1.29, 1.82) is 0 Å². The smallest absolute Gasteiger partial charge is 0.275 e. The Kier molecular flexibility index (Phi) is 3.42. The second-order valence-corrected chi connectivity index (χ2v) is 4.50. The average Bonchev–Trinajstić information content (AvgIpc) is 2.95. The van der Waals surface area contributed by atoms with Gasteiger partial charge in [-0.2, -0.15) is 0 Å². The molecule has 0 spiro atoms. The fraction of sp³-hybridized carbons (Fsp3) is 0.0667. The van der Waals surface area contributed by atoms with E-state index in [0.29, 0.717) is 5.69 Å². The molecule has 3 rings (SSSR count). The van der Waals surface area contributed by atoms with Gasteiger partial charge in [0, 0.05) is 18.1 Å². The first kappa shape index (κ1) is 13.0. The lowest BCUT2D eigenvalue weighted by molar-refractivity contribution is 0.102. The number of carbonyl (C=O) groups excluding carboxylic acids is 1. The Morgan fingerprint density at radius 2 is 1.90 bits per heavy atom. The fourth-order valence-electron chi connectivity index (χ4n) is 1.91. The summed E-state index contributed by atoms with van der Waals surface area (Å²) in [5.74, 6) is 0.582. The van der Waals surface area contributed by atoms with Crippen molar-refractivity contribution in [2.75, 3.05) is 5.32 Å². The molecule has 0 aliphatic heterocycles. The largest absolute Gasteiger partial charge is 0.342 e. The third kappa shape index (κ3) is 2.94. The fourth-order valence-corrected chi connectivity index (χ4v) is 1.91. The number of H-pyrrole nitrogens is 1. The number of amides is 1. The molecular formula is C15H13N5O. The Labute approximate surface area is 121 Å². The van der Waals surface area contributed by atoms with Crippen LogP contribution in [0.25, 0.3) is 11.3 Å². The van der Waals surface area contributed by atoms with Gasteiger partial charge in [0.1, 0.15) is 11.5 Å². The molecule has 3 aromatic rings. The van der Waals surface area contributed by atoms with Crippen LogP contribution in [0.5, 0.6) is 0 Å². The predicted octanol–water partition coefficient (Wildman–Crippen LogP) is 2.43. The van der Waals surface area contributed by atoms with Crippen molar-refractivity contribution in [3.05, 3.63) is 60.6 Å². The number of imidazole rings is 1. The van der Waals surface area contributed by atoms with E-state index in [4.69, 9.17) is 0 Å². The summed E-state index contributed by atoms with van der Waals surface area (Å²) in [4.78, 5) is 27.1. The zero-order chi connectivity index (χ0) is 14.7. The number of nitrogens with zero attached hydrogens (tertiary/aromatic N) is 3. The van der Waals surface area contributed by atoms with Gasteiger partial charge < -0.3 is 10.3 Å². The van der Waals surface area contributed by atoms with Crippen molar-refractivity contribution in [3.63, 3.8) is 0 Å². The topological polar surface area (TPSA) is 83.6 Å². The highest BCUT2D eigenvalue weighted by Crippen LogP contribution is 2.19. The van der Waals surface area contributed by atoms with E-state index >= 15 is 0 Å². The first-order chi connectivity index (χ1) is 10.2. The number of hydrogen-bond acceptors (Lipinski definition) is 4. The summed E-state index contributed by atoms with van der Waals surface area (Å²) >= 11 is 0. The van der Waals surface area contributed by atoms with Crippen LogP contribution in [0.15, 0.2) is 49.1 Å². The summed E-state index contributed by atoms with van der Waals surface area (Å²) in [5, 5.41) is 2.77. The monoisotopic (exact) mass is 279 g/mol. The standard InChI is InChI=1S/C15H13N5O/c1-10-18-9-13(19-10)11-2-4-12(5-3-11)20-15(21)14-8-16-6-7-17-14/h2-9H,1H3,(H,18,19)(H,20,21). The minimum Gasteiger partial charge on any atom is -0.342 e. The molecule has 0 saturated carbocycles. The number of benzene rings is 1. The molecule has 0 saturated heterocycles. The number of carbonyl (C=O) groups is 1. The maximum absolute atomic E-state index is 11.9. The van der Waals surface area contributed by atoms with E-state index in [1.807, 2.05) is 31.2 Å². The van der Waals surface area contributed by atoms with Gasteiger partial charge in [-0.25, -0.2) is 9.97 Å². The Hall–Kier alpha value is -3.02. The van der Waals surface area contributed by atoms with Crippen LogP contribution in [-0.2, 0) is 0 Å². The van der Waals surface area contributed by atoms with Crippen molar-refractivity contribution >= 4 is 11.6 Å². The van der Waals surface area contributed by atoms with E-state index in [1.54, 1.807) is 6.20 Å². The molecule has 0 atom stereocenters. The summed E-state index contributed by atoms with van der Waals surface area (Å²) in [5.41, 5.74) is 2.93. The highest BCUT2D eigenvalue weighted by Gasteiger charge is 2.07. The molecular weight excluding hydrogens is 266 g/mol. The zero-order valence-electron chi connectivity index (χ0n) is 11.4. The Bertz CT molecular complexity index is 749. The first-order valence-corrected chi connectivity index (χ1v) is 6.42. The minimum absolute atomic E-state index is 0.283. The number of aryl methyl sites for hydroxylation is 1. The predicted molar refractivity (Wildman–Crippen MR) is 78.7 cm³/mol. The Morgan fingerprint density at radius 1 is 1.10 bits per heavy atom. The van der Waals surface area contributed by atoms with Gasteiger partial charge in [0.2, 0.25) is 0 Å². The van der Waals surface area contributed by atoms with Crippen molar-refractivity contribution < 1.29 is 4.79 Å². The van der Waals surface area contributed by atoms with Crippen LogP contribution in [0.1, 0.15) is 16.3 Å². The second kappa shape index (κ2) is 5.54. The number of hydrogen-bond donors (Lipinski definition) is 2. The molecule has 0 aliphatic rings. The molecule has 21 heavy (non-hydrogen) atoms. The molecule has 1 aromatic carbocycles. The molecule has 6 heteroatoms. The van der Waals surface area contributed by atoms with E-state index in [2.05, 4.69) is 25.3 Å². The van der Waals surface area contributed by atoms with E-state index < -0.39 is 0 Å². The quantitative estimate of drug-likeness (QED) is 0.771. The van der Waals surface area contributed by atoms with Crippen molar-refractivity contribution in [2.24, 2.45) is 0 Å². The SMILES string of the molecule is Cc1ncc(-c2ccc(NC(=O)c3cnccn3)cc2)[nH]1. The van der Waals surface area contributed by atoms with Gasteiger partial charge in [-0.05, 0) is 24.6 Å². The number of aromatic amines is 1. The highest BCUT2D eigenvalue weighted by molar-refractivity contribution is 6.02. The van der Waals surface area contributed by atoms with E-state index in [0.717, 1.165) is 17.1 Å². The lowest BCUT2D eigenvalue weighted by Crippen LogP contribution is -2.13. The van der Waals surface area contributed by atoms with Gasteiger partial charge >= 0.3 is 0 Å². The second-order valence-electron chi connectivity index (χ2n) is 4.50. The maximum Gasteiger partial charge on any atom is 0.275 e. The van der Waals surface area contributed by atoms with Crippen molar-refractivity contribution in [3.8, 4) is 11.3 Å². The van der Waals surface area contributed by atoms with E-state index in [-0.39, 0.29) is 11.6 Å². The van der Waals surface area contributed by atoms with Crippen LogP contribution in [0.4, 0.5) is 5.69 Å². The van der Waals surface area contributed by atoms with Gasteiger partial charge in [-0.1, -0.05) is 12.1 Å². The van der Waals surface area contributed by atoms with Gasteiger partial charge in [0.05, 0.1) is 18.1 Å². The van der Waals surface area contributed by atoms with Crippen molar-refractivity contribution in [1.82, 2.24) is 19.9 Å². The Balaban J connectivity index is 1.74. The third-order valence-corrected chi connectivity index (χ3v) is 2.95. The van der Waals surface area contributed by atoms with Gasteiger partial charge in [0.15, 0.2) is 0 Å². The lowest BCUT2D eigenvalue weighted by atomic mass is 10.1. The molecule has 104 valence electrons. The van der Waals surface area contributed by atoms with Gasteiger partial charge in [-0.3, -0.25) is 9.78 Å². The molecule has 0 unspecified atom stereocenters. The van der Waals surface area contributed by atoms with E-state index in [1.165, 1.54) is 18.6 Å². The van der Waals surface area contributed by atoms with Crippen LogP contribution in [0.3, 0.4) is 0 Å². The average molecular weight is 279 g/mol. The van der Waals surface area contributed by atoms with Gasteiger partial charge in [0.25, 0.3) is 5.91 Å². The molecule has 0 aliphatic carbocycles. The lowest BCUT2D eigenvalue weighted by Gasteiger charge is -2.05. The maximum atomic E-state index is 11.9. The summed E-state index contributed by atoms with van der Waals surface area (Å²) in [7, 11) is 0. The minimum atomic E-state index is -0.284. The molecule has 2 aromatic heterocycles. The molecule has 2 N–H and O–H groups in total. The molecule has 0 fully saturated rings. The van der Waals surface area contributed by atoms with Crippen LogP contribution in [-0.4, -0.2) is 25.8 Å². The highest BCUT2D eigenvalue weighted by atomic mass is 16.1. The number of rotatable bonds is 3. The number of anilines is 1. The third-order valence-electron chi connectivity index (χ3n) is 2.95. The number of aromatic nitrogens is 4. The summed E-state index contributed by atoms with van der Waals surface area (Å²) in [6, 6.07) is 7.50. The Morgan fingerprint density at radius 3 is 2.52 bits per heavy atom. The first-order valence-electron chi connectivity index (χ1n) is 6.42. The van der Waals surface area contributed by atoms with Gasteiger partial charge in [-0.15, -0.1) is 0 Å². The van der Waals surface area contributed by atoms with Crippen LogP contribution < -0.4 is 5.32 Å². The molecule has 2 heterocycles. The van der Waals surface area contributed by atoms with Crippen LogP contribution in [0.2, 0.25) is 0 Å².